The molecule has 0 radical (unpaired) electrons. The highest BCUT2D eigenvalue weighted by molar-refractivity contribution is 6.36. The maximum absolute atomic E-state index is 13.7. The van der Waals surface area contributed by atoms with Crippen LogP contribution in [-0.4, -0.2) is 7.11 Å². The molecule has 0 heterocycles. The van der Waals surface area contributed by atoms with Crippen molar-refractivity contribution in [3.05, 3.63) is 51.8 Å². The second-order valence-corrected chi connectivity index (χ2v) is 4.79. The third-order valence-electron chi connectivity index (χ3n) is 2.83. The smallest absolute Gasteiger partial charge is 0.138 e. The van der Waals surface area contributed by atoms with Crippen LogP contribution in [0, 0.1) is 5.82 Å². The lowest BCUT2D eigenvalue weighted by molar-refractivity contribution is 0.415. The van der Waals surface area contributed by atoms with Crippen LogP contribution in [0.5, 0.6) is 5.75 Å². The van der Waals surface area contributed by atoms with E-state index in [1.807, 2.05) is 0 Å². The lowest BCUT2D eigenvalue weighted by Crippen LogP contribution is -1.99. The lowest BCUT2D eigenvalue weighted by Gasteiger charge is -2.10. The minimum Gasteiger partial charge on any atom is -0.495 e. The third kappa shape index (κ3) is 2.84. The molecule has 5 heteroatoms. The first-order valence-corrected chi connectivity index (χ1v) is 6.34. The lowest BCUT2D eigenvalue weighted by atomic mass is 10.0. The number of halogens is 3. The number of ether oxygens (including phenoxy) is 1. The van der Waals surface area contributed by atoms with E-state index in [0.717, 1.165) is 0 Å². The number of rotatable bonds is 3. The molecular weight excluding hydrogens is 288 g/mol. The zero-order chi connectivity index (χ0) is 14.0. The van der Waals surface area contributed by atoms with Gasteiger partial charge in [-0.3, -0.25) is 0 Å². The molecular formula is C14H12Cl2FNO. The van der Waals surface area contributed by atoms with Gasteiger partial charge in [0.25, 0.3) is 0 Å². The molecule has 2 N–H and O–H groups in total. The van der Waals surface area contributed by atoms with Gasteiger partial charge in [-0.05, 0) is 17.7 Å². The van der Waals surface area contributed by atoms with Crippen molar-refractivity contribution in [1.82, 2.24) is 0 Å². The number of methoxy groups -OCH3 is 1. The van der Waals surface area contributed by atoms with Gasteiger partial charge in [0.05, 0.1) is 17.2 Å². The summed E-state index contributed by atoms with van der Waals surface area (Å²) < 4.78 is 18.8. The molecule has 2 aromatic rings. The van der Waals surface area contributed by atoms with Gasteiger partial charge in [0, 0.05) is 23.7 Å². The van der Waals surface area contributed by atoms with Gasteiger partial charge in [-0.2, -0.15) is 0 Å². The molecule has 0 fully saturated rings. The van der Waals surface area contributed by atoms with E-state index in [9.17, 15) is 4.39 Å². The Morgan fingerprint density at radius 3 is 2.47 bits per heavy atom. The number of hydrogen-bond donors (Lipinski definition) is 1. The Morgan fingerprint density at radius 2 is 1.89 bits per heavy atom. The average Bonchev–Trinajstić information content (AvgIpc) is 2.40. The molecule has 0 unspecified atom stereocenters. The molecule has 100 valence electrons. The number of benzene rings is 2. The highest BCUT2D eigenvalue weighted by atomic mass is 35.5. The Morgan fingerprint density at radius 1 is 1.16 bits per heavy atom. The molecule has 2 rings (SSSR count). The fourth-order valence-corrected chi connectivity index (χ4v) is 2.29. The predicted molar refractivity (Wildman–Crippen MR) is 76.3 cm³/mol. The summed E-state index contributed by atoms with van der Waals surface area (Å²) in [5, 5.41) is 0.867. The van der Waals surface area contributed by atoms with Gasteiger partial charge in [0.2, 0.25) is 0 Å². The van der Waals surface area contributed by atoms with Gasteiger partial charge in [0.1, 0.15) is 11.6 Å². The molecule has 0 aliphatic carbocycles. The van der Waals surface area contributed by atoms with Gasteiger partial charge >= 0.3 is 0 Å². The predicted octanol–water partition coefficient (Wildman–Crippen LogP) is 4.27. The maximum atomic E-state index is 13.7. The summed E-state index contributed by atoms with van der Waals surface area (Å²) in [5.41, 5.74) is 7.18. The monoisotopic (exact) mass is 299 g/mol. The number of hydrogen-bond acceptors (Lipinski definition) is 2. The SMILES string of the molecule is COc1cc(Cl)c(-c2ccc(CN)c(F)c2)cc1Cl. The van der Waals surface area contributed by atoms with Crippen LogP contribution in [0.2, 0.25) is 10.0 Å². The van der Waals surface area contributed by atoms with Crippen LogP contribution in [-0.2, 0) is 6.54 Å². The van der Waals surface area contributed by atoms with Crippen LogP contribution in [0.25, 0.3) is 11.1 Å². The van der Waals surface area contributed by atoms with Gasteiger partial charge < -0.3 is 10.5 Å². The van der Waals surface area contributed by atoms with Crippen LogP contribution in [0.3, 0.4) is 0 Å². The van der Waals surface area contributed by atoms with Crippen LogP contribution in [0.4, 0.5) is 4.39 Å². The molecule has 0 saturated heterocycles. The standard InChI is InChI=1S/C14H12Cl2FNO/c1-19-14-6-11(15)10(5-12(14)16)8-2-3-9(7-18)13(17)4-8/h2-6H,7,18H2,1H3. The van der Waals surface area contributed by atoms with Crippen LogP contribution >= 0.6 is 23.2 Å². The Labute approximate surface area is 120 Å². The van der Waals surface area contributed by atoms with Crippen LogP contribution in [0.15, 0.2) is 30.3 Å². The molecule has 19 heavy (non-hydrogen) atoms. The molecule has 0 bridgehead atoms. The first kappa shape index (κ1) is 14.1. The molecule has 0 aromatic heterocycles. The first-order valence-electron chi connectivity index (χ1n) is 5.58. The minimum atomic E-state index is -0.358. The normalized spacial score (nSPS) is 10.6. The largest absolute Gasteiger partial charge is 0.495 e. The van der Waals surface area contributed by atoms with Crippen molar-refractivity contribution in [2.45, 2.75) is 6.54 Å². The topological polar surface area (TPSA) is 35.2 Å². The second-order valence-electron chi connectivity index (χ2n) is 3.98. The van der Waals surface area contributed by atoms with Crippen molar-refractivity contribution >= 4 is 23.2 Å². The molecule has 0 aliphatic heterocycles. The van der Waals surface area contributed by atoms with Gasteiger partial charge in [0.15, 0.2) is 0 Å². The Balaban J connectivity index is 2.53. The second kappa shape index (κ2) is 5.78. The van der Waals surface area contributed by atoms with Crippen LogP contribution < -0.4 is 10.5 Å². The van der Waals surface area contributed by atoms with Gasteiger partial charge in [-0.1, -0.05) is 35.3 Å². The van der Waals surface area contributed by atoms with Crippen molar-refractivity contribution in [2.24, 2.45) is 5.73 Å². The fourth-order valence-electron chi connectivity index (χ4n) is 1.79. The maximum Gasteiger partial charge on any atom is 0.138 e. The Kier molecular flexibility index (Phi) is 4.30. The molecule has 0 atom stereocenters. The van der Waals surface area contributed by atoms with Crippen molar-refractivity contribution in [3.8, 4) is 16.9 Å². The third-order valence-corrected chi connectivity index (χ3v) is 3.43. The van der Waals surface area contributed by atoms with E-state index in [2.05, 4.69) is 0 Å². The Hall–Kier alpha value is -1.29. The van der Waals surface area contributed by atoms with E-state index in [-0.39, 0.29) is 12.4 Å². The summed E-state index contributed by atoms with van der Waals surface area (Å²) in [6, 6.07) is 8.05. The molecule has 0 amide bonds. The minimum absolute atomic E-state index is 0.156. The number of nitrogens with two attached hydrogens (primary N) is 1. The first-order chi connectivity index (χ1) is 9.06. The van der Waals surface area contributed by atoms with Gasteiger partial charge in [-0.25, -0.2) is 4.39 Å². The zero-order valence-electron chi connectivity index (χ0n) is 10.2. The van der Waals surface area contributed by atoms with Crippen molar-refractivity contribution in [3.63, 3.8) is 0 Å². The van der Waals surface area contributed by atoms with E-state index < -0.39 is 0 Å². The van der Waals surface area contributed by atoms with Crippen molar-refractivity contribution in [1.29, 1.82) is 0 Å². The summed E-state index contributed by atoms with van der Waals surface area (Å²) in [4.78, 5) is 0. The Bertz CT molecular complexity index is 617. The van der Waals surface area contributed by atoms with Crippen molar-refractivity contribution in [2.75, 3.05) is 7.11 Å². The van der Waals surface area contributed by atoms with E-state index in [0.29, 0.717) is 32.5 Å². The highest BCUT2D eigenvalue weighted by Gasteiger charge is 2.11. The van der Waals surface area contributed by atoms with E-state index in [1.165, 1.54) is 13.2 Å². The van der Waals surface area contributed by atoms with Gasteiger partial charge in [-0.15, -0.1) is 0 Å². The van der Waals surface area contributed by atoms with E-state index >= 15 is 0 Å². The highest BCUT2D eigenvalue weighted by Crippen LogP contribution is 2.37. The molecule has 0 aliphatic rings. The van der Waals surface area contributed by atoms with Crippen molar-refractivity contribution < 1.29 is 9.13 Å². The molecule has 2 aromatic carbocycles. The summed E-state index contributed by atoms with van der Waals surface area (Å²) in [6.45, 7) is 0.156. The summed E-state index contributed by atoms with van der Waals surface area (Å²) in [6.07, 6.45) is 0. The summed E-state index contributed by atoms with van der Waals surface area (Å²) in [5.74, 6) is 0.123. The fraction of sp³-hybridized carbons (Fsp3) is 0.143. The van der Waals surface area contributed by atoms with E-state index in [1.54, 1.807) is 24.3 Å². The average molecular weight is 300 g/mol. The molecule has 2 nitrogen and oxygen atoms in total. The van der Waals surface area contributed by atoms with Crippen LogP contribution in [0.1, 0.15) is 5.56 Å². The van der Waals surface area contributed by atoms with E-state index in [4.69, 9.17) is 33.7 Å². The zero-order valence-corrected chi connectivity index (χ0v) is 11.7. The summed E-state index contributed by atoms with van der Waals surface area (Å²) in [7, 11) is 1.51. The quantitative estimate of drug-likeness (QED) is 0.919. The molecule has 0 saturated carbocycles. The summed E-state index contributed by atoms with van der Waals surface area (Å²) >= 11 is 12.2. The molecule has 0 spiro atoms.